The van der Waals surface area contributed by atoms with Gasteiger partial charge in [-0.25, -0.2) is 14.8 Å². The van der Waals surface area contributed by atoms with Crippen molar-refractivity contribution < 1.29 is 27.4 Å². The summed E-state index contributed by atoms with van der Waals surface area (Å²) in [5.41, 5.74) is 0.423. The van der Waals surface area contributed by atoms with E-state index in [0.29, 0.717) is 5.56 Å². The summed E-state index contributed by atoms with van der Waals surface area (Å²) >= 11 is 5.62. The van der Waals surface area contributed by atoms with Crippen molar-refractivity contribution in [3.8, 4) is 5.75 Å². The van der Waals surface area contributed by atoms with Crippen molar-refractivity contribution in [3.63, 3.8) is 0 Å². The smallest absolute Gasteiger partial charge is 0.437 e. The van der Waals surface area contributed by atoms with Gasteiger partial charge in [-0.3, -0.25) is 10.6 Å². The Morgan fingerprint density at radius 1 is 1.28 bits per heavy atom. The van der Waals surface area contributed by atoms with E-state index in [1.807, 2.05) is 0 Å². The second-order valence-electron chi connectivity index (χ2n) is 4.92. The van der Waals surface area contributed by atoms with E-state index in [2.05, 4.69) is 15.3 Å². The number of benzene rings is 1. The number of hydrogen-bond donors (Lipinski definition) is 2. The van der Waals surface area contributed by atoms with E-state index in [1.165, 1.54) is 18.2 Å². The van der Waals surface area contributed by atoms with Crippen molar-refractivity contribution in [2.45, 2.75) is 18.7 Å². The second-order valence-corrected chi connectivity index (χ2v) is 5.31. The first-order chi connectivity index (χ1) is 11.8. The molecule has 0 spiro atoms. The van der Waals surface area contributed by atoms with E-state index in [-0.39, 0.29) is 16.7 Å². The molecule has 0 radical (unpaired) electrons. The lowest BCUT2D eigenvalue weighted by Crippen LogP contribution is -2.66. The number of ether oxygens (including phenoxy) is 2. The van der Waals surface area contributed by atoms with Crippen LogP contribution in [0.2, 0.25) is 5.15 Å². The number of amides is 2. The maximum atomic E-state index is 13.5. The molecule has 2 aromatic rings. The van der Waals surface area contributed by atoms with Crippen LogP contribution < -0.4 is 15.4 Å². The molecular formula is C14H10ClF3N4O3. The van der Waals surface area contributed by atoms with Crippen LogP contribution in [0.15, 0.2) is 36.7 Å². The summed E-state index contributed by atoms with van der Waals surface area (Å²) in [4.78, 5) is 19.2. The fourth-order valence-corrected chi connectivity index (χ4v) is 2.20. The Morgan fingerprint density at radius 2 is 2.04 bits per heavy atom. The summed E-state index contributed by atoms with van der Waals surface area (Å²) in [5.74, 6) is -3.47. The van der Waals surface area contributed by atoms with Crippen LogP contribution >= 0.6 is 11.6 Å². The Kier molecular flexibility index (Phi) is 4.39. The molecule has 132 valence electrons. The number of para-hydroxylation sites is 1. The highest BCUT2D eigenvalue weighted by Gasteiger charge is 2.62. The zero-order chi connectivity index (χ0) is 18.1. The minimum Gasteiger partial charge on any atom is -0.437 e. The van der Waals surface area contributed by atoms with Gasteiger partial charge in [0.15, 0.2) is 0 Å². The van der Waals surface area contributed by atoms with Gasteiger partial charge in [0.05, 0.1) is 6.61 Å². The van der Waals surface area contributed by atoms with Gasteiger partial charge in [0.25, 0.3) is 0 Å². The number of aromatic nitrogens is 2. The summed E-state index contributed by atoms with van der Waals surface area (Å²) in [6.07, 6.45) is -4.00. The Balaban J connectivity index is 1.82. The number of hydrogen-bond acceptors (Lipinski definition) is 5. The molecule has 1 aliphatic rings. The van der Waals surface area contributed by atoms with Crippen molar-refractivity contribution in [1.82, 2.24) is 15.3 Å². The first kappa shape index (κ1) is 17.2. The molecule has 1 atom stereocenters. The molecular weight excluding hydrogens is 365 g/mol. The van der Waals surface area contributed by atoms with Gasteiger partial charge in [0.1, 0.15) is 23.0 Å². The number of nitrogens with zero attached hydrogens (tertiary/aromatic N) is 2. The van der Waals surface area contributed by atoms with Crippen LogP contribution in [0.25, 0.3) is 0 Å². The van der Waals surface area contributed by atoms with E-state index in [9.17, 15) is 18.0 Å². The van der Waals surface area contributed by atoms with Crippen molar-refractivity contribution in [1.29, 1.82) is 0 Å². The standard InChI is InChI=1S/C14H10ClF3N4O3/c15-10-5-11(20-7-19-10)21-12(23)22-14(13(16,17)18)24-6-8-3-1-2-4-9(8)25-14/h1-5,7H,6H2,(H2,19,20,21,22,23). The van der Waals surface area contributed by atoms with Gasteiger partial charge >= 0.3 is 18.1 Å². The van der Waals surface area contributed by atoms with Crippen LogP contribution in [0.5, 0.6) is 5.75 Å². The lowest BCUT2D eigenvalue weighted by molar-refractivity contribution is -0.371. The summed E-state index contributed by atoms with van der Waals surface area (Å²) in [7, 11) is 0. The summed E-state index contributed by atoms with van der Waals surface area (Å²) in [5, 5.41) is 3.77. The van der Waals surface area contributed by atoms with Gasteiger partial charge in [0, 0.05) is 11.6 Å². The third-order valence-corrected chi connectivity index (χ3v) is 3.39. The summed E-state index contributed by atoms with van der Waals surface area (Å²) in [6.45, 7) is -0.394. The minimum atomic E-state index is -5.04. The molecule has 1 aliphatic heterocycles. The second kappa shape index (κ2) is 6.37. The summed E-state index contributed by atoms with van der Waals surface area (Å²) in [6, 6.07) is 5.96. The van der Waals surface area contributed by atoms with Crippen molar-refractivity contribution >= 4 is 23.4 Å². The predicted molar refractivity (Wildman–Crippen MR) is 79.8 cm³/mol. The molecule has 2 heterocycles. The van der Waals surface area contributed by atoms with E-state index >= 15 is 0 Å². The van der Waals surface area contributed by atoms with Crippen molar-refractivity contribution in [2.75, 3.05) is 5.32 Å². The van der Waals surface area contributed by atoms with Gasteiger partial charge in [-0.05, 0) is 6.07 Å². The number of anilines is 1. The van der Waals surface area contributed by atoms with Crippen LogP contribution in [-0.4, -0.2) is 28.1 Å². The number of alkyl halides is 3. The van der Waals surface area contributed by atoms with Gasteiger partial charge in [-0.2, -0.15) is 13.2 Å². The van der Waals surface area contributed by atoms with Gasteiger partial charge in [-0.1, -0.05) is 29.8 Å². The Bertz CT molecular complexity index is 805. The van der Waals surface area contributed by atoms with E-state index in [1.54, 1.807) is 17.4 Å². The SMILES string of the molecule is O=C(Nc1cc(Cl)ncn1)NC1(C(F)(F)F)OCc2ccccc2O1. The third-order valence-electron chi connectivity index (χ3n) is 3.18. The zero-order valence-electron chi connectivity index (χ0n) is 12.3. The van der Waals surface area contributed by atoms with Crippen LogP contribution in [0.4, 0.5) is 23.8 Å². The molecule has 25 heavy (non-hydrogen) atoms. The van der Waals surface area contributed by atoms with Gasteiger partial charge < -0.3 is 9.47 Å². The molecule has 3 rings (SSSR count). The van der Waals surface area contributed by atoms with Crippen LogP contribution in [0.1, 0.15) is 5.56 Å². The third kappa shape index (κ3) is 3.59. The van der Waals surface area contributed by atoms with E-state index in [0.717, 1.165) is 6.33 Å². The fraction of sp³-hybridized carbons (Fsp3) is 0.214. The number of carbonyl (C=O) groups excluding carboxylic acids is 1. The zero-order valence-corrected chi connectivity index (χ0v) is 13.1. The number of nitrogens with one attached hydrogen (secondary N) is 2. The lowest BCUT2D eigenvalue weighted by atomic mass is 10.2. The Morgan fingerprint density at radius 3 is 2.76 bits per heavy atom. The Labute approximate surface area is 144 Å². The minimum absolute atomic E-state index is 0.00919. The average Bonchev–Trinajstić information content (AvgIpc) is 2.53. The largest absolute Gasteiger partial charge is 0.478 e. The Hall–Kier alpha value is -2.59. The molecule has 0 fully saturated rings. The number of carbonyl (C=O) groups is 1. The van der Waals surface area contributed by atoms with Crippen LogP contribution in [-0.2, 0) is 11.3 Å². The molecule has 7 nitrogen and oxygen atoms in total. The predicted octanol–water partition coefficient (Wildman–Crippen LogP) is 3.08. The summed E-state index contributed by atoms with van der Waals surface area (Å²) < 4.78 is 50.3. The van der Waals surface area contributed by atoms with Crippen LogP contribution in [0, 0.1) is 0 Å². The lowest BCUT2D eigenvalue weighted by Gasteiger charge is -2.38. The topological polar surface area (TPSA) is 85.4 Å². The highest BCUT2D eigenvalue weighted by molar-refractivity contribution is 6.29. The van der Waals surface area contributed by atoms with Gasteiger partial charge in [0.2, 0.25) is 0 Å². The van der Waals surface area contributed by atoms with Crippen LogP contribution in [0.3, 0.4) is 0 Å². The first-order valence-electron chi connectivity index (χ1n) is 6.83. The quantitative estimate of drug-likeness (QED) is 0.789. The fourth-order valence-electron chi connectivity index (χ4n) is 2.06. The normalized spacial score (nSPS) is 19.5. The molecule has 1 unspecified atom stereocenters. The number of fused-ring (bicyclic) bond motifs is 1. The van der Waals surface area contributed by atoms with E-state index in [4.69, 9.17) is 21.1 Å². The average molecular weight is 375 g/mol. The maximum absolute atomic E-state index is 13.5. The molecule has 0 bridgehead atoms. The molecule has 0 saturated carbocycles. The number of rotatable bonds is 2. The van der Waals surface area contributed by atoms with E-state index < -0.39 is 24.7 Å². The van der Waals surface area contributed by atoms with Crippen molar-refractivity contribution in [3.05, 3.63) is 47.4 Å². The molecule has 1 aromatic heterocycles. The van der Waals surface area contributed by atoms with Crippen molar-refractivity contribution in [2.24, 2.45) is 0 Å². The van der Waals surface area contributed by atoms with Gasteiger partial charge in [-0.15, -0.1) is 0 Å². The highest BCUT2D eigenvalue weighted by Crippen LogP contribution is 2.39. The molecule has 11 heteroatoms. The highest BCUT2D eigenvalue weighted by atomic mass is 35.5. The first-order valence-corrected chi connectivity index (χ1v) is 7.21. The molecule has 2 N–H and O–H groups in total. The molecule has 0 aliphatic carbocycles. The number of halogens is 4. The number of urea groups is 1. The monoisotopic (exact) mass is 374 g/mol. The molecule has 0 saturated heterocycles. The molecule has 1 aromatic carbocycles. The molecule has 2 amide bonds. The maximum Gasteiger partial charge on any atom is 0.478 e.